The minimum atomic E-state index is -6.00. The Morgan fingerprint density at radius 1 is 0.627 bits per heavy atom. The van der Waals surface area contributed by atoms with Crippen LogP contribution in [0.25, 0.3) is 27.6 Å². The molecule has 0 atom stereocenters. The van der Waals surface area contributed by atoms with Gasteiger partial charge < -0.3 is 36.9 Å². The molecule has 6 rings (SSSR count). The summed E-state index contributed by atoms with van der Waals surface area (Å²) < 4.78 is 56.7. The third kappa shape index (κ3) is 13.9. The molecule has 4 heterocycles. The van der Waals surface area contributed by atoms with Crippen LogP contribution in [0.15, 0.2) is 95.6 Å². The molecule has 51 heavy (non-hydrogen) atoms. The molecule has 0 bridgehead atoms. The summed E-state index contributed by atoms with van der Waals surface area (Å²) >= 11 is 0. The highest BCUT2D eigenvalue weighted by atomic mass is 19.5. The van der Waals surface area contributed by atoms with E-state index in [1.807, 2.05) is 58.0 Å². The number of benzene rings is 2. The summed E-state index contributed by atoms with van der Waals surface area (Å²) in [5.74, 6) is 1.96. The average Bonchev–Trinajstić information content (AvgIpc) is 2.96. The van der Waals surface area contributed by atoms with E-state index >= 15 is 0 Å². The molecular formula is C38H46BF4N2O6+. The van der Waals surface area contributed by atoms with Gasteiger partial charge >= 0.3 is 30.0 Å². The number of halogens is 4. The Labute approximate surface area is 294 Å². The smallest absolute Gasteiger partial charge is 0.423 e. The van der Waals surface area contributed by atoms with Crippen LogP contribution >= 0.6 is 0 Å². The molecule has 2 aromatic carbocycles. The second-order valence-corrected chi connectivity index (χ2v) is 11.4. The number of aromatic nitrogens is 1. The van der Waals surface area contributed by atoms with Crippen molar-refractivity contribution < 1.29 is 40.2 Å². The molecule has 13 heteroatoms. The third-order valence-electron chi connectivity index (χ3n) is 6.93. The topological polar surface area (TPSA) is 122 Å². The number of hydrogen-bond donors (Lipinski definition) is 2. The lowest BCUT2D eigenvalue weighted by Gasteiger charge is -2.06. The number of pyridine rings is 1. The molecule has 3 N–H and O–H groups in total. The molecule has 0 aliphatic rings. The molecule has 0 saturated carbocycles. The first kappa shape index (κ1) is 43.7. The molecule has 274 valence electrons. The predicted molar refractivity (Wildman–Crippen MR) is 197 cm³/mol. The van der Waals surface area contributed by atoms with E-state index in [-0.39, 0.29) is 18.7 Å². The molecule has 0 aliphatic carbocycles. The number of nitrogens with two attached hydrogens (primary N) is 1. The second kappa shape index (κ2) is 19.2. The first-order chi connectivity index (χ1) is 23.3. The molecule has 0 aliphatic heterocycles. The van der Waals surface area contributed by atoms with E-state index in [9.17, 15) is 26.9 Å². The predicted octanol–water partition coefficient (Wildman–Crippen LogP) is 9.02. The van der Waals surface area contributed by atoms with E-state index in [2.05, 4.69) is 50.5 Å². The summed E-state index contributed by atoms with van der Waals surface area (Å²) in [6.07, 6.45) is 0. The number of fused-ring (bicyclic) bond motifs is 2. The van der Waals surface area contributed by atoms with Crippen LogP contribution in [-0.2, 0) is 0 Å². The van der Waals surface area contributed by atoms with Gasteiger partial charge in [0.15, 0.2) is 11.4 Å². The van der Waals surface area contributed by atoms with Crippen molar-refractivity contribution in [2.24, 2.45) is 0 Å². The van der Waals surface area contributed by atoms with Crippen LogP contribution in [0, 0.1) is 55.4 Å². The monoisotopic (exact) mass is 713 g/mol. The Morgan fingerprint density at radius 2 is 1.02 bits per heavy atom. The van der Waals surface area contributed by atoms with Gasteiger partial charge in [0.2, 0.25) is 5.69 Å². The van der Waals surface area contributed by atoms with Crippen LogP contribution < -0.4 is 21.6 Å². The van der Waals surface area contributed by atoms with E-state index in [0.29, 0.717) is 16.9 Å². The number of aliphatic hydroxyl groups is 1. The molecule has 0 spiro atoms. The zero-order valence-electron chi connectivity index (χ0n) is 29.5. The van der Waals surface area contributed by atoms with Gasteiger partial charge in [0.1, 0.15) is 11.2 Å². The maximum absolute atomic E-state index is 11.6. The number of hydrogen-bond acceptors (Lipinski definition) is 6. The van der Waals surface area contributed by atoms with Gasteiger partial charge in [-0.15, -0.1) is 0 Å². The quantitative estimate of drug-likeness (QED) is 0.0436. The number of rotatable bonds is 1. The van der Waals surface area contributed by atoms with Gasteiger partial charge in [0.25, 0.3) is 0 Å². The highest BCUT2D eigenvalue weighted by Gasteiger charge is 2.20. The van der Waals surface area contributed by atoms with E-state index in [0.717, 1.165) is 57.6 Å². The molecule has 6 aromatic rings. The largest absolute Gasteiger partial charge is 0.673 e. The molecule has 8 nitrogen and oxygen atoms in total. The number of aryl methyl sites for hydroxylation is 8. The van der Waals surface area contributed by atoms with Crippen molar-refractivity contribution in [1.29, 1.82) is 0 Å². The lowest BCUT2D eigenvalue weighted by molar-refractivity contribution is -0.609. The van der Waals surface area contributed by atoms with Crippen molar-refractivity contribution >= 4 is 34.9 Å². The summed E-state index contributed by atoms with van der Waals surface area (Å²) in [4.78, 5) is 22.6. The van der Waals surface area contributed by atoms with Gasteiger partial charge in [-0.25, -0.2) is 14.0 Å². The van der Waals surface area contributed by atoms with Crippen LogP contribution in [0.1, 0.15) is 52.6 Å². The molecule has 0 saturated heterocycles. The Morgan fingerprint density at radius 3 is 1.45 bits per heavy atom. The zero-order valence-corrected chi connectivity index (χ0v) is 29.5. The minimum Gasteiger partial charge on any atom is -0.423 e. The minimum absolute atomic E-state index is 0. The summed E-state index contributed by atoms with van der Waals surface area (Å²) in [5.41, 5.74) is 14.4. The first-order valence-electron chi connectivity index (χ1n) is 15.4. The fourth-order valence-electron chi connectivity index (χ4n) is 5.31. The Bertz CT molecular complexity index is 2120. The molecule has 4 aromatic heterocycles. The van der Waals surface area contributed by atoms with Crippen LogP contribution in [0.3, 0.4) is 0 Å². The number of anilines is 1. The first-order valence-corrected chi connectivity index (χ1v) is 15.4. The van der Waals surface area contributed by atoms with E-state index in [1.54, 1.807) is 12.1 Å². The highest BCUT2D eigenvalue weighted by Crippen LogP contribution is 2.20. The SMILES string of the molecule is C.CO.Cc1cc(=O)oc2cc(N)ccc12.Cc1cc(C)[n+](-c2ccc3c(C)cc(=O)oc3c2)c(C)c1.Cc1cc(C)[o+]c(C)c1.F[B-](F)(F)F. The van der Waals surface area contributed by atoms with Gasteiger partial charge in [-0.3, -0.25) is 0 Å². The van der Waals surface area contributed by atoms with Crippen LogP contribution in [0.5, 0.6) is 0 Å². The molecule has 0 fully saturated rings. The lowest BCUT2D eigenvalue weighted by atomic mass is 10.1. The van der Waals surface area contributed by atoms with Gasteiger partial charge in [-0.1, -0.05) is 7.43 Å². The summed E-state index contributed by atoms with van der Waals surface area (Å²) in [6, 6.07) is 22.6. The van der Waals surface area contributed by atoms with Gasteiger partial charge in [0.05, 0.1) is 19.9 Å². The van der Waals surface area contributed by atoms with Crippen LogP contribution in [-0.4, -0.2) is 19.5 Å². The summed E-state index contributed by atoms with van der Waals surface area (Å²) in [6.45, 7) is 16.0. The van der Waals surface area contributed by atoms with Gasteiger partial charge in [-0.05, 0) is 68.1 Å². The highest BCUT2D eigenvalue weighted by molar-refractivity contribution is 6.50. The van der Waals surface area contributed by atoms with Crippen LogP contribution in [0.2, 0.25) is 0 Å². The maximum atomic E-state index is 11.6. The van der Waals surface area contributed by atoms with E-state index in [4.69, 9.17) is 24.1 Å². The molecular weight excluding hydrogens is 667 g/mol. The number of nitrogen functional groups attached to an aromatic ring is 1. The third-order valence-corrected chi connectivity index (χ3v) is 6.93. The Balaban J connectivity index is 0.000000371. The molecule has 0 radical (unpaired) electrons. The Hall–Kier alpha value is -5.30. The van der Waals surface area contributed by atoms with E-state index < -0.39 is 7.25 Å². The normalized spacial score (nSPS) is 10.2. The molecule has 0 unspecified atom stereocenters. The second-order valence-electron chi connectivity index (χ2n) is 11.4. The maximum Gasteiger partial charge on any atom is 0.673 e. The lowest BCUT2D eigenvalue weighted by Crippen LogP contribution is -2.37. The van der Waals surface area contributed by atoms with E-state index in [1.165, 1.54) is 23.3 Å². The fourth-order valence-corrected chi connectivity index (χ4v) is 5.31. The van der Waals surface area contributed by atoms with Crippen molar-refractivity contribution in [3.8, 4) is 5.69 Å². The summed E-state index contributed by atoms with van der Waals surface area (Å²) in [7, 11) is -5.00. The number of aliphatic hydroxyl groups excluding tert-OH is 1. The Kier molecular flexibility index (Phi) is 16.5. The fraction of sp³-hybridized carbons (Fsp3) is 0.263. The van der Waals surface area contributed by atoms with Crippen molar-refractivity contribution in [3.05, 3.63) is 139 Å². The number of nitrogens with zero attached hydrogens (tertiary/aromatic N) is 1. The molecule has 0 amide bonds. The standard InChI is InChI=1S/C18H18NO2.C10H9NO2.C8H11O.CH4O.CH4.BF4/c1-11-7-13(3)19(14(4)8-11)15-5-6-16-12(2)9-18(20)21-17(16)10-15;1-6-4-10(12)13-9-5-7(11)2-3-8(6)9;1-6-4-7(2)9-8(3)5-6;1-2;;2-1(3,4)5/h5-10H,1-4H3;2-5H,11H2,1H3;4-5H,1-3H3;2H,1H3;1H4;/q+1;;+1;;;-1. The average molecular weight is 714 g/mol. The van der Waals surface area contributed by atoms with Crippen molar-refractivity contribution in [3.63, 3.8) is 0 Å². The summed E-state index contributed by atoms with van der Waals surface area (Å²) in [5, 5.41) is 8.90. The zero-order chi connectivity index (χ0) is 37.9. The van der Waals surface area contributed by atoms with Gasteiger partial charge in [0, 0.05) is 85.9 Å². The van der Waals surface area contributed by atoms with Crippen molar-refractivity contribution in [2.45, 2.75) is 62.8 Å². The van der Waals surface area contributed by atoms with Gasteiger partial charge in [-0.2, -0.15) is 4.57 Å². The van der Waals surface area contributed by atoms with Crippen LogP contribution in [0.4, 0.5) is 23.0 Å². The van der Waals surface area contributed by atoms with Crippen molar-refractivity contribution in [1.82, 2.24) is 0 Å². The van der Waals surface area contributed by atoms with Crippen molar-refractivity contribution in [2.75, 3.05) is 12.8 Å².